The molecule has 3 N–H and O–H groups in total. The van der Waals surface area contributed by atoms with E-state index in [4.69, 9.17) is 4.74 Å². The highest BCUT2D eigenvalue weighted by Gasteiger charge is 2.05. The zero-order valence-electron chi connectivity index (χ0n) is 14.9. The Labute approximate surface area is 161 Å². The molecule has 6 nitrogen and oxygen atoms in total. The summed E-state index contributed by atoms with van der Waals surface area (Å²) >= 11 is 0. The number of rotatable bonds is 8. The first-order valence-corrected chi connectivity index (χ1v) is 8.03. The lowest BCUT2D eigenvalue weighted by Crippen LogP contribution is -2.39. The van der Waals surface area contributed by atoms with Crippen molar-refractivity contribution in [1.29, 1.82) is 0 Å². The third kappa shape index (κ3) is 8.37. The third-order valence-electron chi connectivity index (χ3n) is 3.22. The van der Waals surface area contributed by atoms with Crippen LogP contribution in [0.2, 0.25) is 0 Å². The van der Waals surface area contributed by atoms with Crippen LogP contribution in [0.4, 0.5) is 0 Å². The highest BCUT2D eigenvalue weighted by atomic mass is 127. The highest BCUT2D eigenvalue weighted by molar-refractivity contribution is 14.0. The number of methoxy groups -OCH3 is 1. The molecule has 0 atom stereocenters. The van der Waals surface area contributed by atoms with E-state index < -0.39 is 0 Å². The summed E-state index contributed by atoms with van der Waals surface area (Å²) in [7, 11) is 1.68. The van der Waals surface area contributed by atoms with Gasteiger partial charge in [0.05, 0.1) is 7.11 Å². The molecule has 0 saturated carbocycles. The topological polar surface area (TPSA) is 74.8 Å². The van der Waals surface area contributed by atoms with Crippen LogP contribution in [0.15, 0.2) is 23.2 Å². The average molecular weight is 448 g/mol. The Balaban J connectivity index is 0.00000529. The van der Waals surface area contributed by atoms with Gasteiger partial charge in [-0.25, -0.2) is 4.99 Å². The number of halogens is 1. The van der Waals surface area contributed by atoms with E-state index in [2.05, 4.69) is 33.9 Å². The number of guanidine groups is 1. The standard InChI is InChI=1S/C17H28N4O2.HI/c1-5-18-16(22)12-21-17(19-6-2)20-10-9-14-11-13(3)7-8-15(14)23-4;/h7-8,11H,5-6,9-10,12H2,1-4H3,(H,18,22)(H2,19,20,21);1H. The summed E-state index contributed by atoms with van der Waals surface area (Å²) in [6.07, 6.45) is 0.816. The molecule has 1 rings (SSSR count). The van der Waals surface area contributed by atoms with E-state index in [1.54, 1.807) is 7.11 Å². The number of likely N-dealkylation sites (N-methyl/N-ethyl adjacent to an activating group) is 1. The Morgan fingerprint density at radius 2 is 1.88 bits per heavy atom. The molecule has 24 heavy (non-hydrogen) atoms. The monoisotopic (exact) mass is 448 g/mol. The first-order chi connectivity index (χ1) is 11.1. The summed E-state index contributed by atoms with van der Waals surface area (Å²) in [5.41, 5.74) is 2.36. The number of carbonyl (C=O) groups excluding carboxylic acids is 1. The molecule has 0 saturated heterocycles. The SMILES string of the molecule is CCNC(=O)CN=C(NCC)NCCc1cc(C)ccc1OC.I. The minimum atomic E-state index is -0.0787. The second-order valence-corrected chi connectivity index (χ2v) is 5.14. The van der Waals surface area contributed by atoms with Crippen LogP contribution in [-0.4, -0.2) is 45.2 Å². The molecule has 0 radical (unpaired) electrons. The predicted molar refractivity (Wildman–Crippen MR) is 110 cm³/mol. The second-order valence-electron chi connectivity index (χ2n) is 5.14. The summed E-state index contributed by atoms with van der Waals surface area (Å²) in [5.74, 6) is 1.46. The van der Waals surface area contributed by atoms with Gasteiger partial charge in [0.1, 0.15) is 12.3 Å². The minimum absolute atomic E-state index is 0. The lowest BCUT2D eigenvalue weighted by Gasteiger charge is -2.13. The number of carbonyl (C=O) groups is 1. The molecule has 0 spiro atoms. The largest absolute Gasteiger partial charge is 0.496 e. The van der Waals surface area contributed by atoms with Crippen molar-refractivity contribution in [3.05, 3.63) is 29.3 Å². The van der Waals surface area contributed by atoms with E-state index in [1.807, 2.05) is 26.0 Å². The van der Waals surface area contributed by atoms with Crippen LogP contribution >= 0.6 is 24.0 Å². The average Bonchev–Trinajstić information content (AvgIpc) is 2.53. The van der Waals surface area contributed by atoms with E-state index in [9.17, 15) is 4.79 Å². The van der Waals surface area contributed by atoms with Gasteiger partial charge < -0.3 is 20.7 Å². The molecule has 136 valence electrons. The lowest BCUT2D eigenvalue weighted by atomic mass is 10.1. The van der Waals surface area contributed by atoms with Crippen molar-refractivity contribution in [3.8, 4) is 5.75 Å². The molecular weight excluding hydrogens is 419 g/mol. The van der Waals surface area contributed by atoms with Gasteiger partial charge in [0.2, 0.25) is 5.91 Å². The van der Waals surface area contributed by atoms with Crippen molar-refractivity contribution in [2.24, 2.45) is 4.99 Å². The number of benzene rings is 1. The molecule has 0 bridgehead atoms. The quantitative estimate of drug-likeness (QED) is 0.323. The van der Waals surface area contributed by atoms with Crippen LogP contribution in [-0.2, 0) is 11.2 Å². The Kier molecular flexibility index (Phi) is 12.0. The molecule has 1 aromatic carbocycles. The van der Waals surface area contributed by atoms with E-state index >= 15 is 0 Å². The fourth-order valence-electron chi connectivity index (χ4n) is 2.16. The van der Waals surface area contributed by atoms with Gasteiger partial charge in [-0.05, 0) is 38.8 Å². The predicted octanol–water partition coefficient (Wildman–Crippen LogP) is 1.86. The molecular formula is C17H29IN4O2. The minimum Gasteiger partial charge on any atom is -0.496 e. The van der Waals surface area contributed by atoms with Crippen LogP contribution in [0.3, 0.4) is 0 Å². The van der Waals surface area contributed by atoms with Crippen molar-refractivity contribution in [3.63, 3.8) is 0 Å². The van der Waals surface area contributed by atoms with Crippen molar-refractivity contribution >= 4 is 35.8 Å². The number of aliphatic imine (C=N–C) groups is 1. The Morgan fingerprint density at radius 3 is 2.50 bits per heavy atom. The van der Waals surface area contributed by atoms with E-state index in [0.29, 0.717) is 19.0 Å². The third-order valence-corrected chi connectivity index (χ3v) is 3.22. The summed E-state index contributed by atoms with van der Waals surface area (Å²) in [4.78, 5) is 15.8. The second kappa shape index (κ2) is 12.9. The van der Waals surface area contributed by atoms with Gasteiger partial charge >= 0.3 is 0 Å². The van der Waals surface area contributed by atoms with Gasteiger partial charge in [-0.3, -0.25) is 4.79 Å². The van der Waals surface area contributed by atoms with Gasteiger partial charge in [0.25, 0.3) is 0 Å². The lowest BCUT2D eigenvalue weighted by molar-refractivity contribution is -0.119. The van der Waals surface area contributed by atoms with Crippen LogP contribution < -0.4 is 20.7 Å². The van der Waals surface area contributed by atoms with Gasteiger partial charge in [0.15, 0.2) is 5.96 Å². The maximum Gasteiger partial charge on any atom is 0.241 e. The smallest absolute Gasteiger partial charge is 0.241 e. The number of nitrogens with one attached hydrogen (secondary N) is 3. The summed E-state index contributed by atoms with van der Waals surface area (Å²) in [5, 5.41) is 9.10. The molecule has 1 amide bonds. The van der Waals surface area contributed by atoms with Crippen molar-refractivity contribution in [2.75, 3.05) is 33.3 Å². The molecule has 0 heterocycles. The zero-order chi connectivity index (χ0) is 17.1. The summed E-state index contributed by atoms with van der Waals surface area (Å²) in [6.45, 7) is 8.14. The summed E-state index contributed by atoms with van der Waals surface area (Å²) < 4.78 is 5.38. The van der Waals surface area contributed by atoms with Crippen molar-refractivity contribution in [2.45, 2.75) is 27.2 Å². The number of nitrogens with zero attached hydrogens (tertiary/aromatic N) is 1. The maximum absolute atomic E-state index is 11.5. The maximum atomic E-state index is 11.5. The molecule has 0 fully saturated rings. The molecule has 0 aliphatic rings. The van der Waals surface area contributed by atoms with Crippen LogP contribution in [0.5, 0.6) is 5.75 Å². The molecule has 1 aromatic rings. The van der Waals surface area contributed by atoms with Gasteiger partial charge in [-0.1, -0.05) is 17.7 Å². The summed E-state index contributed by atoms with van der Waals surface area (Å²) in [6, 6.07) is 6.14. The normalized spacial score (nSPS) is 10.6. The zero-order valence-corrected chi connectivity index (χ0v) is 17.3. The van der Waals surface area contributed by atoms with Crippen LogP contribution in [0.1, 0.15) is 25.0 Å². The van der Waals surface area contributed by atoms with E-state index in [-0.39, 0.29) is 36.4 Å². The molecule has 0 aliphatic carbocycles. The van der Waals surface area contributed by atoms with Crippen molar-refractivity contribution < 1.29 is 9.53 Å². The molecule has 0 unspecified atom stereocenters. The van der Waals surface area contributed by atoms with Crippen LogP contribution in [0, 0.1) is 6.92 Å². The highest BCUT2D eigenvalue weighted by Crippen LogP contribution is 2.19. The number of hydrogen-bond donors (Lipinski definition) is 3. The molecule has 0 aliphatic heterocycles. The molecule has 0 aromatic heterocycles. The Hall–Kier alpha value is -1.51. The van der Waals surface area contributed by atoms with E-state index in [1.165, 1.54) is 5.56 Å². The van der Waals surface area contributed by atoms with Crippen LogP contribution in [0.25, 0.3) is 0 Å². The van der Waals surface area contributed by atoms with Crippen molar-refractivity contribution in [1.82, 2.24) is 16.0 Å². The molecule has 7 heteroatoms. The number of hydrogen-bond acceptors (Lipinski definition) is 3. The first kappa shape index (κ1) is 22.5. The van der Waals surface area contributed by atoms with Gasteiger partial charge in [-0.2, -0.15) is 0 Å². The first-order valence-electron chi connectivity index (χ1n) is 8.03. The fraction of sp³-hybridized carbons (Fsp3) is 0.529. The fourth-order valence-corrected chi connectivity index (χ4v) is 2.16. The Morgan fingerprint density at radius 1 is 1.17 bits per heavy atom. The number of aryl methyl sites for hydroxylation is 1. The van der Waals surface area contributed by atoms with Gasteiger partial charge in [0, 0.05) is 19.6 Å². The number of amides is 1. The van der Waals surface area contributed by atoms with E-state index in [0.717, 1.165) is 24.3 Å². The van der Waals surface area contributed by atoms with Gasteiger partial charge in [-0.15, -0.1) is 24.0 Å². The Bertz CT molecular complexity index is 535. The number of ether oxygens (including phenoxy) is 1.